The van der Waals surface area contributed by atoms with Gasteiger partial charge in [0.25, 0.3) is 0 Å². The predicted octanol–water partition coefficient (Wildman–Crippen LogP) is 2.47. The minimum atomic E-state index is 0.300. The third kappa shape index (κ3) is 2.02. The van der Waals surface area contributed by atoms with Crippen LogP contribution in [-0.2, 0) is 0 Å². The van der Waals surface area contributed by atoms with Crippen molar-refractivity contribution in [3.05, 3.63) is 0 Å². The van der Waals surface area contributed by atoms with Crippen molar-refractivity contribution < 1.29 is 0 Å². The average Bonchev–Trinajstić information content (AvgIpc) is 2.91. The molecule has 1 saturated heterocycles. The zero-order chi connectivity index (χ0) is 11.6. The molecule has 2 rings (SSSR count). The van der Waals surface area contributed by atoms with E-state index in [0.29, 0.717) is 10.8 Å². The molecule has 16 heavy (non-hydrogen) atoms. The minimum absolute atomic E-state index is 0.300. The van der Waals surface area contributed by atoms with Crippen LogP contribution in [0.1, 0.15) is 46.0 Å². The number of nitrogens with zero attached hydrogens (tertiary/aromatic N) is 1. The lowest BCUT2D eigenvalue weighted by molar-refractivity contribution is 0.0582. The molecule has 0 aromatic heterocycles. The van der Waals surface area contributed by atoms with Gasteiger partial charge < -0.3 is 5.73 Å². The van der Waals surface area contributed by atoms with Crippen molar-refractivity contribution in [1.29, 1.82) is 0 Å². The summed E-state index contributed by atoms with van der Waals surface area (Å²) in [6.45, 7) is 6.70. The monoisotopic (exact) mass is 242 g/mol. The normalized spacial score (nSPS) is 36.4. The van der Waals surface area contributed by atoms with Crippen LogP contribution in [0.5, 0.6) is 0 Å². The molecule has 0 spiro atoms. The zero-order valence-corrected chi connectivity index (χ0v) is 11.6. The van der Waals surface area contributed by atoms with Crippen molar-refractivity contribution in [1.82, 2.24) is 4.90 Å². The average molecular weight is 242 g/mol. The first-order valence-electron chi connectivity index (χ1n) is 6.83. The molecule has 1 heterocycles. The molecule has 94 valence electrons. The van der Waals surface area contributed by atoms with Crippen molar-refractivity contribution >= 4 is 11.8 Å². The predicted molar refractivity (Wildman–Crippen MR) is 73.0 cm³/mol. The summed E-state index contributed by atoms with van der Waals surface area (Å²) in [4.78, 5) is 2.75. The second kappa shape index (κ2) is 5.28. The quantitative estimate of drug-likeness (QED) is 0.821. The van der Waals surface area contributed by atoms with E-state index in [0.717, 1.165) is 12.6 Å². The molecule has 2 nitrogen and oxygen atoms in total. The van der Waals surface area contributed by atoms with E-state index in [-0.39, 0.29) is 0 Å². The molecule has 0 aromatic carbocycles. The Hall–Kier alpha value is 0.270. The van der Waals surface area contributed by atoms with Crippen molar-refractivity contribution in [3.63, 3.8) is 0 Å². The second-order valence-corrected chi connectivity index (χ2v) is 6.74. The number of likely N-dealkylation sites (N-methyl/N-ethyl adjacent to an activating group) is 1. The summed E-state index contributed by atoms with van der Waals surface area (Å²) >= 11 is 2.11. The van der Waals surface area contributed by atoms with Crippen LogP contribution in [0, 0.1) is 0 Å². The molecule has 1 aliphatic carbocycles. The lowest BCUT2D eigenvalue weighted by Crippen LogP contribution is -2.60. The molecule has 2 fully saturated rings. The van der Waals surface area contributed by atoms with E-state index in [4.69, 9.17) is 5.73 Å². The van der Waals surface area contributed by atoms with E-state index in [1.807, 2.05) is 0 Å². The van der Waals surface area contributed by atoms with Gasteiger partial charge in [-0.25, -0.2) is 0 Å². The van der Waals surface area contributed by atoms with Crippen LogP contribution in [-0.4, -0.2) is 40.6 Å². The Morgan fingerprint density at radius 2 is 2.06 bits per heavy atom. The summed E-state index contributed by atoms with van der Waals surface area (Å²) in [7, 11) is 0. The molecule has 0 aromatic rings. The Morgan fingerprint density at radius 1 is 1.38 bits per heavy atom. The molecular formula is C13H26N2S. The van der Waals surface area contributed by atoms with Gasteiger partial charge in [-0.15, -0.1) is 0 Å². The van der Waals surface area contributed by atoms with Gasteiger partial charge in [0.05, 0.1) is 0 Å². The van der Waals surface area contributed by atoms with E-state index < -0.39 is 0 Å². The molecular weight excluding hydrogens is 216 g/mol. The van der Waals surface area contributed by atoms with Gasteiger partial charge >= 0.3 is 0 Å². The first-order chi connectivity index (χ1) is 7.74. The molecule has 0 amide bonds. The van der Waals surface area contributed by atoms with Crippen molar-refractivity contribution in [2.75, 3.05) is 18.8 Å². The Labute approximate surface area is 104 Å². The summed E-state index contributed by atoms with van der Waals surface area (Å²) in [5.74, 6) is 1.29. The molecule has 0 bridgehead atoms. The molecule has 0 radical (unpaired) electrons. The van der Waals surface area contributed by atoms with Crippen LogP contribution < -0.4 is 5.73 Å². The minimum Gasteiger partial charge on any atom is -0.329 e. The molecule has 2 aliphatic rings. The highest BCUT2D eigenvalue weighted by atomic mass is 32.2. The first kappa shape index (κ1) is 12.7. The number of thioether (sulfide) groups is 1. The Balaban J connectivity index is 2.16. The fraction of sp³-hybridized carbons (Fsp3) is 1.00. The SMILES string of the molecule is CCN(C1CCCC1)C1(CN)CCSC1C. The van der Waals surface area contributed by atoms with Crippen molar-refractivity contribution in [2.45, 2.75) is 62.8 Å². The van der Waals surface area contributed by atoms with E-state index >= 15 is 0 Å². The summed E-state index contributed by atoms with van der Waals surface area (Å²) in [6, 6.07) is 0.815. The van der Waals surface area contributed by atoms with Crippen LogP contribution in [0.2, 0.25) is 0 Å². The number of nitrogens with two attached hydrogens (primary N) is 1. The lowest BCUT2D eigenvalue weighted by Gasteiger charge is -2.46. The van der Waals surface area contributed by atoms with Gasteiger partial charge in [-0.3, -0.25) is 4.90 Å². The highest BCUT2D eigenvalue weighted by Crippen LogP contribution is 2.42. The van der Waals surface area contributed by atoms with E-state index in [1.54, 1.807) is 0 Å². The fourth-order valence-electron chi connectivity index (χ4n) is 3.69. The Morgan fingerprint density at radius 3 is 2.50 bits per heavy atom. The summed E-state index contributed by atoms with van der Waals surface area (Å²) < 4.78 is 0. The molecule has 1 saturated carbocycles. The standard InChI is InChI=1S/C13H26N2S/c1-3-15(12-6-4-5-7-12)13(10-14)8-9-16-11(13)2/h11-12H,3-10,14H2,1-2H3. The van der Waals surface area contributed by atoms with E-state index in [9.17, 15) is 0 Å². The maximum Gasteiger partial charge on any atom is 0.0458 e. The third-order valence-electron chi connectivity index (χ3n) is 4.69. The van der Waals surface area contributed by atoms with Gasteiger partial charge in [0.1, 0.15) is 0 Å². The van der Waals surface area contributed by atoms with Crippen LogP contribution in [0.3, 0.4) is 0 Å². The largest absolute Gasteiger partial charge is 0.329 e. The molecule has 2 unspecified atom stereocenters. The van der Waals surface area contributed by atoms with Crippen LogP contribution in [0.4, 0.5) is 0 Å². The molecule has 2 atom stereocenters. The van der Waals surface area contributed by atoms with E-state index in [2.05, 4.69) is 30.5 Å². The smallest absolute Gasteiger partial charge is 0.0458 e. The van der Waals surface area contributed by atoms with Crippen LogP contribution in [0.25, 0.3) is 0 Å². The van der Waals surface area contributed by atoms with Crippen LogP contribution in [0.15, 0.2) is 0 Å². The van der Waals surface area contributed by atoms with Crippen molar-refractivity contribution in [3.8, 4) is 0 Å². The molecule has 2 N–H and O–H groups in total. The summed E-state index contributed by atoms with van der Waals surface area (Å²) in [5, 5.41) is 0.707. The molecule has 1 aliphatic heterocycles. The first-order valence-corrected chi connectivity index (χ1v) is 7.88. The maximum atomic E-state index is 6.15. The lowest BCUT2D eigenvalue weighted by atomic mass is 9.88. The van der Waals surface area contributed by atoms with Gasteiger partial charge in [-0.1, -0.05) is 26.7 Å². The van der Waals surface area contributed by atoms with Gasteiger partial charge in [-0.2, -0.15) is 11.8 Å². The Kier molecular flexibility index (Phi) is 4.20. The molecule has 3 heteroatoms. The highest BCUT2D eigenvalue weighted by Gasteiger charge is 2.46. The Bertz CT molecular complexity index is 228. The van der Waals surface area contributed by atoms with Gasteiger partial charge in [0.2, 0.25) is 0 Å². The van der Waals surface area contributed by atoms with Crippen molar-refractivity contribution in [2.24, 2.45) is 5.73 Å². The zero-order valence-electron chi connectivity index (χ0n) is 10.7. The number of rotatable bonds is 4. The van der Waals surface area contributed by atoms with E-state index in [1.165, 1.54) is 44.4 Å². The fourth-order valence-corrected chi connectivity index (χ4v) is 5.17. The maximum absolute atomic E-state index is 6.15. The van der Waals surface area contributed by atoms with Gasteiger partial charge in [-0.05, 0) is 31.6 Å². The number of hydrogen-bond donors (Lipinski definition) is 1. The second-order valence-electron chi connectivity index (χ2n) is 5.30. The van der Waals surface area contributed by atoms with Gasteiger partial charge in [0.15, 0.2) is 0 Å². The van der Waals surface area contributed by atoms with Gasteiger partial charge in [0, 0.05) is 23.4 Å². The summed E-state index contributed by atoms with van der Waals surface area (Å²) in [5.41, 5.74) is 6.45. The topological polar surface area (TPSA) is 29.3 Å². The van der Waals surface area contributed by atoms with Crippen LogP contribution >= 0.6 is 11.8 Å². The summed E-state index contributed by atoms with van der Waals surface area (Å²) in [6.07, 6.45) is 6.92. The third-order valence-corrected chi connectivity index (χ3v) is 6.07. The number of hydrogen-bond acceptors (Lipinski definition) is 3. The highest BCUT2D eigenvalue weighted by molar-refractivity contribution is 8.00.